The molecule has 176 valence electrons. The van der Waals surface area contributed by atoms with Gasteiger partial charge < -0.3 is 9.47 Å². The number of hydrogen-bond acceptors (Lipinski definition) is 6. The second-order valence-corrected chi connectivity index (χ2v) is 8.43. The van der Waals surface area contributed by atoms with Crippen molar-refractivity contribution in [1.29, 1.82) is 0 Å². The molecule has 2 rings (SSSR count). The lowest BCUT2D eigenvalue weighted by molar-refractivity contribution is -0.137. The summed E-state index contributed by atoms with van der Waals surface area (Å²) < 4.78 is 71.6. The van der Waals surface area contributed by atoms with Gasteiger partial charge in [-0.3, -0.25) is 18.9 Å². The summed E-state index contributed by atoms with van der Waals surface area (Å²) >= 11 is 5.88. The van der Waals surface area contributed by atoms with Crippen LogP contribution in [0.25, 0.3) is 0 Å². The lowest BCUT2D eigenvalue weighted by Crippen LogP contribution is -2.35. The SMILES string of the molecule is CCOP(=O)(NC(=O)C(C)Oc1ccc(Oc2ccc(C(F)(F)F)cc2Cl)cc1)OCC. The zero-order valence-corrected chi connectivity index (χ0v) is 19.1. The molecule has 0 heterocycles. The minimum Gasteiger partial charge on any atom is -0.481 e. The number of nitrogens with one attached hydrogen (secondary N) is 1. The molecule has 0 aromatic heterocycles. The van der Waals surface area contributed by atoms with E-state index in [-0.39, 0.29) is 29.7 Å². The zero-order chi connectivity index (χ0) is 23.9. The number of carbonyl (C=O) groups excluding carboxylic acids is 1. The van der Waals surface area contributed by atoms with Crippen LogP contribution in [0.1, 0.15) is 26.3 Å². The maximum absolute atomic E-state index is 12.7. The van der Waals surface area contributed by atoms with Crippen molar-refractivity contribution in [3.8, 4) is 17.2 Å². The minimum atomic E-state index is -4.51. The van der Waals surface area contributed by atoms with E-state index in [1.165, 1.54) is 31.2 Å². The van der Waals surface area contributed by atoms with Gasteiger partial charge in [-0.15, -0.1) is 0 Å². The Kier molecular flexibility index (Phi) is 8.98. The zero-order valence-electron chi connectivity index (χ0n) is 17.4. The Hall–Kier alpha value is -2.26. The predicted molar refractivity (Wildman–Crippen MR) is 112 cm³/mol. The van der Waals surface area contributed by atoms with Crippen molar-refractivity contribution in [1.82, 2.24) is 5.09 Å². The number of halogens is 4. The summed E-state index contributed by atoms with van der Waals surface area (Å²) in [6.07, 6.45) is -5.54. The van der Waals surface area contributed by atoms with Gasteiger partial charge in [0.15, 0.2) is 6.10 Å². The van der Waals surface area contributed by atoms with Crippen LogP contribution < -0.4 is 14.6 Å². The van der Waals surface area contributed by atoms with Crippen molar-refractivity contribution in [2.24, 2.45) is 0 Å². The van der Waals surface area contributed by atoms with Gasteiger partial charge in [0.05, 0.1) is 23.8 Å². The smallest absolute Gasteiger partial charge is 0.434 e. The van der Waals surface area contributed by atoms with Gasteiger partial charge in [0, 0.05) is 0 Å². The molecular formula is C20H22ClF3NO6P. The van der Waals surface area contributed by atoms with E-state index in [4.69, 9.17) is 30.1 Å². The highest BCUT2D eigenvalue weighted by Crippen LogP contribution is 2.43. The molecular weight excluding hydrogens is 474 g/mol. The molecule has 1 atom stereocenters. The first-order chi connectivity index (χ1) is 15.0. The predicted octanol–water partition coefficient (Wildman–Crippen LogP) is 6.22. The highest BCUT2D eigenvalue weighted by molar-refractivity contribution is 7.52. The molecule has 0 aliphatic rings. The van der Waals surface area contributed by atoms with Crippen LogP contribution in [0.5, 0.6) is 17.2 Å². The molecule has 2 aromatic carbocycles. The van der Waals surface area contributed by atoms with Crippen LogP contribution in [0.3, 0.4) is 0 Å². The summed E-state index contributed by atoms with van der Waals surface area (Å²) in [5.41, 5.74) is -0.885. The molecule has 0 bridgehead atoms. The quantitative estimate of drug-likeness (QED) is 0.394. The van der Waals surface area contributed by atoms with Crippen LogP contribution >= 0.6 is 19.3 Å². The summed E-state index contributed by atoms with van der Waals surface area (Å²) in [6, 6.07) is 8.71. The Morgan fingerprint density at radius 1 is 1.06 bits per heavy atom. The van der Waals surface area contributed by atoms with Gasteiger partial charge in [-0.1, -0.05) is 11.6 Å². The van der Waals surface area contributed by atoms with E-state index in [9.17, 15) is 22.5 Å². The van der Waals surface area contributed by atoms with Crippen molar-refractivity contribution in [3.05, 3.63) is 53.1 Å². The molecule has 0 aliphatic carbocycles. The highest BCUT2D eigenvalue weighted by atomic mass is 35.5. The second-order valence-electron chi connectivity index (χ2n) is 6.29. The first kappa shape index (κ1) is 26.0. The fraction of sp³-hybridized carbons (Fsp3) is 0.350. The van der Waals surface area contributed by atoms with E-state index in [1.54, 1.807) is 13.8 Å². The molecule has 1 unspecified atom stereocenters. The van der Waals surface area contributed by atoms with Gasteiger partial charge in [-0.05, 0) is 63.2 Å². The molecule has 7 nitrogen and oxygen atoms in total. The van der Waals surface area contributed by atoms with Gasteiger partial charge in [0.25, 0.3) is 5.91 Å². The van der Waals surface area contributed by atoms with Crippen LogP contribution in [-0.4, -0.2) is 25.2 Å². The normalized spacial score (nSPS) is 12.8. The largest absolute Gasteiger partial charge is 0.481 e. The molecule has 1 N–H and O–H groups in total. The summed E-state index contributed by atoms with van der Waals surface area (Å²) in [5, 5.41) is 2.01. The van der Waals surface area contributed by atoms with Crippen molar-refractivity contribution >= 4 is 25.3 Å². The van der Waals surface area contributed by atoms with Gasteiger partial charge in [0.1, 0.15) is 17.2 Å². The van der Waals surface area contributed by atoms with Gasteiger partial charge in [-0.25, -0.2) is 4.57 Å². The monoisotopic (exact) mass is 495 g/mol. The average Bonchev–Trinajstić information content (AvgIpc) is 2.70. The first-order valence-corrected chi connectivity index (χ1v) is 11.4. The minimum absolute atomic E-state index is 0.0451. The van der Waals surface area contributed by atoms with E-state index >= 15 is 0 Å². The van der Waals surface area contributed by atoms with Crippen LogP contribution in [0.15, 0.2) is 42.5 Å². The molecule has 32 heavy (non-hydrogen) atoms. The third-order valence-electron chi connectivity index (χ3n) is 3.84. The molecule has 2 aromatic rings. The summed E-state index contributed by atoms with van der Waals surface area (Å²) in [5.74, 6) is -0.0785. The van der Waals surface area contributed by atoms with E-state index in [1.807, 2.05) is 0 Å². The lowest BCUT2D eigenvalue weighted by Gasteiger charge is -2.20. The van der Waals surface area contributed by atoms with Gasteiger partial charge >= 0.3 is 13.9 Å². The molecule has 1 amide bonds. The third kappa shape index (κ3) is 7.41. The van der Waals surface area contributed by atoms with Crippen LogP contribution in [-0.2, 0) is 24.6 Å². The van der Waals surface area contributed by atoms with Crippen LogP contribution in [0.4, 0.5) is 13.2 Å². The van der Waals surface area contributed by atoms with Gasteiger partial charge in [-0.2, -0.15) is 13.2 Å². The van der Waals surface area contributed by atoms with E-state index in [2.05, 4.69) is 5.09 Å². The number of hydrogen-bond donors (Lipinski definition) is 1. The number of alkyl halides is 3. The maximum Gasteiger partial charge on any atom is 0.434 e. The maximum atomic E-state index is 12.7. The standard InChI is InChI=1S/C20H22ClF3NO6P/c1-4-28-32(27,29-5-2)25-19(26)13(3)30-15-7-9-16(10-8-15)31-18-11-6-14(12-17(18)21)20(22,23)24/h6-13H,4-5H2,1-3H3,(H,25,26,27). The molecule has 0 saturated carbocycles. The van der Waals surface area contributed by atoms with Crippen molar-refractivity contribution in [2.75, 3.05) is 13.2 Å². The molecule has 0 spiro atoms. The Morgan fingerprint density at radius 2 is 1.62 bits per heavy atom. The summed E-state index contributed by atoms with van der Waals surface area (Å²) in [6.45, 7) is 4.83. The number of benzene rings is 2. The fourth-order valence-corrected chi connectivity index (χ4v) is 3.95. The van der Waals surface area contributed by atoms with Gasteiger partial charge in [0.2, 0.25) is 0 Å². The Balaban J connectivity index is 2.00. The number of carbonyl (C=O) groups is 1. The molecule has 12 heteroatoms. The van der Waals surface area contributed by atoms with Crippen LogP contribution in [0, 0.1) is 0 Å². The molecule has 0 radical (unpaired) electrons. The molecule has 0 aliphatic heterocycles. The third-order valence-corrected chi connectivity index (χ3v) is 5.82. The average molecular weight is 496 g/mol. The molecule has 0 fully saturated rings. The van der Waals surface area contributed by atoms with E-state index in [0.29, 0.717) is 5.75 Å². The highest BCUT2D eigenvalue weighted by Gasteiger charge is 2.31. The van der Waals surface area contributed by atoms with E-state index < -0.39 is 31.5 Å². The van der Waals surface area contributed by atoms with Crippen molar-refractivity contribution in [2.45, 2.75) is 33.1 Å². The number of rotatable bonds is 10. The topological polar surface area (TPSA) is 83.1 Å². The van der Waals surface area contributed by atoms with Crippen molar-refractivity contribution in [3.63, 3.8) is 0 Å². The summed E-state index contributed by atoms with van der Waals surface area (Å²) in [4.78, 5) is 12.3. The van der Waals surface area contributed by atoms with Crippen molar-refractivity contribution < 1.29 is 41.1 Å². The number of amides is 1. The first-order valence-electron chi connectivity index (χ1n) is 9.50. The Labute approximate surface area is 188 Å². The summed E-state index contributed by atoms with van der Waals surface area (Å²) in [7, 11) is -3.78. The van der Waals surface area contributed by atoms with E-state index in [0.717, 1.165) is 18.2 Å². The Morgan fingerprint density at radius 3 is 2.12 bits per heavy atom. The Bertz CT molecular complexity index is 961. The second kappa shape index (κ2) is 11.0. The lowest BCUT2D eigenvalue weighted by atomic mass is 10.2. The molecule has 0 saturated heterocycles. The van der Waals surface area contributed by atoms with Crippen LogP contribution in [0.2, 0.25) is 5.02 Å². The fourth-order valence-electron chi connectivity index (χ4n) is 2.40. The number of ether oxygens (including phenoxy) is 2.